The van der Waals surface area contributed by atoms with E-state index < -0.39 is 0 Å². The van der Waals surface area contributed by atoms with Gasteiger partial charge in [-0.3, -0.25) is 4.98 Å². The number of nitrogens with zero attached hydrogens (tertiary/aromatic N) is 2. The SMILES string of the molecule is CC(C)(C)NCc1cncc(OC2CCCCC2)n1. The van der Waals surface area contributed by atoms with Crippen LogP contribution in [0.25, 0.3) is 0 Å². The minimum Gasteiger partial charge on any atom is -0.473 e. The topological polar surface area (TPSA) is 47.0 Å². The first-order valence-electron chi connectivity index (χ1n) is 7.25. The molecular formula is C15H25N3O. The number of rotatable bonds is 4. The molecule has 1 aliphatic rings. The third kappa shape index (κ3) is 5.15. The van der Waals surface area contributed by atoms with Crippen molar-refractivity contribution in [2.75, 3.05) is 0 Å². The van der Waals surface area contributed by atoms with E-state index >= 15 is 0 Å². The van der Waals surface area contributed by atoms with Crippen LogP contribution in [-0.4, -0.2) is 21.6 Å². The summed E-state index contributed by atoms with van der Waals surface area (Å²) in [5.74, 6) is 0.667. The van der Waals surface area contributed by atoms with Crippen molar-refractivity contribution in [3.63, 3.8) is 0 Å². The molecule has 1 heterocycles. The summed E-state index contributed by atoms with van der Waals surface area (Å²) in [6.45, 7) is 7.15. The van der Waals surface area contributed by atoms with Gasteiger partial charge >= 0.3 is 0 Å². The number of hydrogen-bond donors (Lipinski definition) is 1. The minimum absolute atomic E-state index is 0.0852. The van der Waals surface area contributed by atoms with Crippen LogP contribution in [-0.2, 0) is 6.54 Å². The van der Waals surface area contributed by atoms with Gasteiger partial charge in [0.1, 0.15) is 6.10 Å². The second kappa shape index (κ2) is 6.33. The van der Waals surface area contributed by atoms with Crippen LogP contribution in [0.3, 0.4) is 0 Å². The van der Waals surface area contributed by atoms with Crippen molar-refractivity contribution in [1.29, 1.82) is 0 Å². The summed E-state index contributed by atoms with van der Waals surface area (Å²) in [4.78, 5) is 8.75. The van der Waals surface area contributed by atoms with Crippen molar-refractivity contribution < 1.29 is 4.74 Å². The first kappa shape index (κ1) is 14.3. The van der Waals surface area contributed by atoms with Gasteiger partial charge in [-0.25, -0.2) is 4.98 Å². The lowest BCUT2D eigenvalue weighted by Crippen LogP contribution is -2.35. The molecule has 1 aromatic heterocycles. The fourth-order valence-corrected chi connectivity index (χ4v) is 2.24. The Balaban J connectivity index is 1.90. The molecule has 106 valence electrons. The second-order valence-electron chi connectivity index (χ2n) is 6.33. The predicted molar refractivity (Wildman–Crippen MR) is 76.1 cm³/mol. The summed E-state index contributed by atoms with van der Waals surface area (Å²) in [5.41, 5.74) is 1.02. The highest BCUT2D eigenvalue weighted by Gasteiger charge is 2.16. The molecule has 1 N–H and O–H groups in total. The van der Waals surface area contributed by atoms with Gasteiger partial charge in [-0.1, -0.05) is 6.42 Å². The van der Waals surface area contributed by atoms with Crippen molar-refractivity contribution >= 4 is 0 Å². The summed E-state index contributed by atoms with van der Waals surface area (Å²) in [6, 6.07) is 0. The largest absolute Gasteiger partial charge is 0.473 e. The molecule has 0 amide bonds. The smallest absolute Gasteiger partial charge is 0.232 e. The van der Waals surface area contributed by atoms with Crippen molar-refractivity contribution in [2.24, 2.45) is 0 Å². The van der Waals surface area contributed by atoms with E-state index in [1.54, 1.807) is 12.4 Å². The molecule has 0 aliphatic heterocycles. The molecular weight excluding hydrogens is 238 g/mol. The molecule has 2 rings (SSSR count). The zero-order chi connectivity index (χ0) is 13.7. The van der Waals surface area contributed by atoms with Gasteiger partial charge in [0, 0.05) is 18.3 Å². The number of hydrogen-bond acceptors (Lipinski definition) is 4. The fraction of sp³-hybridized carbons (Fsp3) is 0.733. The Kier molecular flexibility index (Phi) is 4.75. The van der Waals surface area contributed by atoms with Crippen LogP contribution in [0.2, 0.25) is 0 Å². The molecule has 1 aromatic rings. The molecule has 0 radical (unpaired) electrons. The average Bonchev–Trinajstić information content (AvgIpc) is 2.37. The molecule has 0 atom stereocenters. The first-order valence-corrected chi connectivity index (χ1v) is 7.25. The second-order valence-corrected chi connectivity index (χ2v) is 6.33. The quantitative estimate of drug-likeness (QED) is 0.907. The van der Waals surface area contributed by atoms with Gasteiger partial charge in [0.15, 0.2) is 0 Å². The van der Waals surface area contributed by atoms with Crippen LogP contribution in [0.5, 0.6) is 5.88 Å². The molecule has 1 saturated carbocycles. The lowest BCUT2D eigenvalue weighted by atomic mass is 9.98. The lowest BCUT2D eigenvalue weighted by molar-refractivity contribution is 0.147. The van der Waals surface area contributed by atoms with E-state index in [4.69, 9.17) is 4.74 Å². The summed E-state index contributed by atoms with van der Waals surface area (Å²) >= 11 is 0. The van der Waals surface area contributed by atoms with Gasteiger partial charge in [0.2, 0.25) is 5.88 Å². The average molecular weight is 263 g/mol. The van der Waals surface area contributed by atoms with E-state index in [0.29, 0.717) is 12.0 Å². The van der Waals surface area contributed by atoms with E-state index in [9.17, 15) is 0 Å². The van der Waals surface area contributed by atoms with Crippen molar-refractivity contribution in [1.82, 2.24) is 15.3 Å². The standard InChI is InChI=1S/C15H25N3O/c1-15(2,3)17-10-12-9-16-11-14(18-12)19-13-7-5-4-6-8-13/h9,11,13,17H,4-8,10H2,1-3H3. The lowest BCUT2D eigenvalue weighted by Gasteiger charge is -2.23. The molecule has 0 bridgehead atoms. The summed E-state index contributed by atoms with van der Waals surface area (Å²) in [7, 11) is 0. The molecule has 1 aliphatic carbocycles. The molecule has 0 aromatic carbocycles. The maximum Gasteiger partial charge on any atom is 0.232 e. The van der Waals surface area contributed by atoms with Crippen LogP contribution in [0.4, 0.5) is 0 Å². The monoisotopic (exact) mass is 263 g/mol. The molecule has 4 nitrogen and oxygen atoms in total. The highest BCUT2D eigenvalue weighted by molar-refractivity contribution is 5.09. The number of nitrogens with one attached hydrogen (secondary N) is 1. The molecule has 4 heteroatoms. The van der Waals surface area contributed by atoms with E-state index in [-0.39, 0.29) is 5.54 Å². The Hall–Kier alpha value is -1.16. The molecule has 0 saturated heterocycles. The van der Waals surface area contributed by atoms with E-state index in [1.807, 2.05) is 0 Å². The predicted octanol–water partition coefficient (Wildman–Crippen LogP) is 3.08. The molecule has 0 unspecified atom stereocenters. The van der Waals surface area contributed by atoms with E-state index in [1.165, 1.54) is 19.3 Å². The van der Waals surface area contributed by atoms with Crippen LogP contribution < -0.4 is 10.1 Å². The zero-order valence-corrected chi connectivity index (χ0v) is 12.3. The Labute approximate surface area is 116 Å². The van der Waals surface area contributed by atoms with Crippen molar-refractivity contribution in [3.05, 3.63) is 18.1 Å². The first-order chi connectivity index (χ1) is 9.03. The van der Waals surface area contributed by atoms with Crippen LogP contribution in [0, 0.1) is 0 Å². The van der Waals surface area contributed by atoms with E-state index in [0.717, 1.165) is 25.1 Å². The van der Waals surface area contributed by atoms with Gasteiger partial charge < -0.3 is 10.1 Å². The number of aromatic nitrogens is 2. The number of ether oxygens (including phenoxy) is 1. The third-order valence-electron chi connectivity index (χ3n) is 3.30. The Morgan fingerprint density at radius 3 is 2.63 bits per heavy atom. The normalized spacial score (nSPS) is 17.4. The Morgan fingerprint density at radius 2 is 1.95 bits per heavy atom. The van der Waals surface area contributed by atoms with Crippen LogP contribution in [0.15, 0.2) is 12.4 Å². The fourth-order valence-electron chi connectivity index (χ4n) is 2.24. The Bertz CT molecular complexity index is 395. The minimum atomic E-state index is 0.0852. The van der Waals surface area contributed by atoms with Crippen LogP contribution in [0.1, 0.15) is 58.6 Å². The molecule has 0 spiro atoms. The summed E-state index contributed by atoms with van der Waals surface area (Å²) in [5, 5.41) is 3.41. The third-order valence-corrected chi connectivity index (χ3v) is 3.30. The van der Waals surface area contributed by atoms with Crippen LogP contribution >= 0.6 is 0 Å². The highest BCUT2D eigenvalue weighted by Crippen LogP contribution is 2.21. The van der Waals surface area contributed by atoms with Gasteiger partial charge in [0.05, 0.1) is 11.9 Å². The van der Waals surface area contributed by atoms with Crippen molar-refractivity contribution in [2.45, 2.75) is 71.1 Å². The summed E-state index contributed by atoms with van der Waals surface area (Å²) in [6.07, 6.45) is 10.0. The summed E-state index contributed by atoms with van der Waals surface area (Å²) < 4.78 is 5.93. The zero-order valence-electron chi connectivity index (χ0n) is 12.3. The van der Waals surface area contributed by atoms with Gasteiger partial charge in [-0.2, -0.15) is 0 Å². The van der Waals surface area contributed by atoms with Gasteiger partial charge in [-0.05, 0) is 46.5 Å². The van der Waals surface area contributed by atoms with Crippen molar-refractivity contribution in [3.8, 4) is 5.88 Å². The van der Waals surface area contributed by atoms with Gasteiger partial charge in [0.25, 0.3) is 0 Å². The van der Waals surface area contributed by atoms with Gasteiger partial charge in [-0.15, -0.1) is 0 Å². The maximum absolute atomic E-state index is 5.93. The Morgan fingerprint density at radius 1 is 1.21 bits per heavy atom. The highest BCUT2D eigenvalue weighted by atomic mass is 16.5. The van der Waals surface area contributed by atoms with E-state index in [2.05, 4.69) is 36.1 Å². The molecule has 1 fully saturated rings. The molecule has 19 heavy (non-hydrogen) atoms. The maximum atomic E-state index is 5.93.